The largest absolute Gasteiger partial charge is 0.453 e. The lowest BCUT2D eigenvalue weighted by Gasteiger charge is -2.05. The van der Waals surface area contributed by atoms with Gasteiger partial charge in [0.05, 0.1) is 10.4 Å². The van der Waals surface area contributed by atoms with Gasteiger partial charge in [-0.2, -0.15) is 5.26 Å². The van der Waals surface area contributed by atoms with Crippen LogP contribution in [-0.4, -0.2) is 23.3 Å². The average Bonchev–Trinajstić information content (AvgIpc) is 3.06. The van der Waals surface area contributed by atoms with E-state index in [1.54, 1.807) is 18.4 Å². The number of nitrogens with zero attached hydrogens (tertiary/aromatic N) is 2. The monoisotopic (exact) mass is 340 g/mol. The van der Waals surface area contributed by atoms with Crippen LogP contribution in [0.3, 0.4) is 0 Å². The molecule has 0 amide bonds. The molecule has 0 aliphatic heterocycles. The molecule has 0 radical (unpaired) electrons. The van der Waals surface area contributed by atoms with E-state index in [1.807, 2.05) is 6.07 Å². The van der Waals surface area contributed by atoms with Gasteiger partial charge in [0.2, 0.25) is 0 Å². The molecule has 0 spiro atoms. The Morgan fingerprint density at radius 3 is 2.81 bits per heavy atom. The summed E-state index contributed by atoms with van der Waals surface area (Å²) >= 11 is 8.02. The van der Waals surface area contributed by atoms with Crippen molar-refractivity contribution in [3.63, 3.8) is 0 Å². The zero-order valence-corrected chi connectivity index (χ0v) is 13.2. The fraction of sp³-hybridized carbons (Fsp3) is 0.231. The first-order valence-corrected chi connectivity index (χ1v) is 7.85. The second kappa shape index (κ2) is 6.80. The number of thiophene rings is 1. The number of hydrogen-bond acceptors (Lipinski definition) is 7. The molecule has 0 saturated carbocycles. The highest BCUT2D eigenvalue weighted by atomic mass is 35.5. The first-order chi connectivity index (χ1) is 10.0. The van der Waals surface area contributed by atoms with Crippen LogP contribution in [0.2, 0.25) is 4.34 Å². The van der Waals surface area contributed by atoms with E-state index in [2.05, 4.69) is 4.98 Å². The van der Waals surface area contributed by atoms with Crippen molar-refractivity contribution in [2.45, 2.75) is 12.8 Å². The minimum Gasteiger partial charge on any atom is -0.453 e. The number of rotatable bonds is 5. The van der Waals surface area contributed by atoms with E-state index < -0.39 is 24.3 Å². The number of aryl methyl sites for hydroxylation is 1. The Balaban J connectivity index is 1.97. The Hall–Kier alpha value is -1.75. The molecule has 8 heteroatoms. The molecule has 0 saturated heterocycles. The lowest BCUT2D eigenvalue weighted by atomic mass is 10.1. The summed E-state index contributed by atoms with van der Waals surface area (Å²) in [4.78, 5) is 28.1. The molecule has 21 heavy (non-hydrogen) atoms. The fourth-order valence-electron chi connectivity index (χ4n) is 1.48. The molecule has 108 valence electrons. The van der Waals surface area contributed by atoms with Gasteiger partial charge in [-0.3, -0.25) is 4.79 Å². The van der Waals surface area contributed by atoms with E-state index in [0.717, 1.165) is 17.0 Å². The highest BCUT2D eigenvalue weighted by Gasteiger charge is 2.24. The lowest BCUT2D eigenvalue weighted by molar-refractivity contribution is -0.122. The number of thiazole rings is 1. The highest BCUT2D eigenvalue weighted by molar-refractivity contribution is 7.17. The van der Waals surface area contributed by atoms with Gasteiger partial charge in [-0.15, -0.1) is 22.7 Å². The van der Waals surface area contributed by atoms with Crippen molar-refractivity contribution in [3.05, 3.63) is 37.4 Å². The highest BCUT2D eigenvalue weighted by Crippen LogP contribution is 2.23. The van der Waals surface area contributed by atoms with Crippen molar-refractivity contribution < 1.29 is 14.3 Å². The Labute approximate surface area is 133 Å². The molecular weight excluding hydrogens is 332 g/mol. The molecule has 2 rings (SSSR count). The maximum Gasteiger partial charge on any atom is 0.348 e. The van der Waals surface area contributed by atoms with Gasteiger partial charge in [-0.25, -0.2) is 9.78 Å². The smallest absolute Gasteiger partial charge is 0.348 e. The summed E-state index contributed by atoms with van der Waals surface area (Å²) in [7, 11) is 0. The molecular formula is C13H9ClN2O3S2. The minimum atomic E-state index is -1.01. The molecule has 0 aromatic carbocycles. The van der Waals surface area contributed by atoms with Gasteiger partial charge in [0.25, 0.3) is 0 Å². The molecule has 1 atom stereocenters. The van der Waals surface area contributed by atoms with E-state index in [9.17, 15) is 9.59 Å². The topological polar surface area (TPSA) is 80.0 Å². The van der Waals surface area contributed by atoms with E-state index in [1.165, 1.54) is 17.4 Å². The molecule has 0 aliphatic rings. The number of carbonyl (C=O) groups excluding carboxylic acids is 2. The van der Waals surface area contributed by atoms with Gasteiger partial charge in [0.1, 0.15) is 9.88 Å². The number of aromatic nitrogens is 1. The number of ketones is 1. The van der Waals surface area contributed by atoms with Crippen molar-refractivity contribution in [2.24, 2.45) is 0 Å². The van der Waals surface area contributed by atoms with Crippen LogP contribution in [-0.2, 0) is 9.53 Å². The number of carbonyl (C=O) groups is 2. The molecule has 2 heterocycles. The summed E-state index contributed by atoms with van der Waals surface area (Å²) in [6.07, 6.45) is 0. The Kier molecular flexibility index (Phi) is 5.07. The molecule has 0 N–H and O–H groups in total. The Morgan fingerprint density at radius 2 is 2.29 bits per heavy atom. The molecule has 5 nitrogen and oxygen atoms in total. The molecule has 0 fully saturated rings. The van der Waals surface area contributed by atoms with Crippen molar-refractivity contribution in [1.82, 2.24) is 4.98 Å². The van der Waals surface area contributed by atoms with Gasteiger partial charge in [0.15, 0.2) is 18.3 Å². The van der Waals surface area contributed by atoms with Crippen LogP contribution in [0, 0.1) is 18.3 Å². The first-order valence-electron chi connectivity index (χ1n) is 5.78. The minimum absolute atomic E-state index is 0.311. The molecule has 2 aromatic heterocycles. The van der Waals surface area contributed by atoms with E-state index in [-0.39, 0.29) is 0 Å². The number of ether oxygens (including phenoxy) is 1. The Morgan fingerprint density at radius 1 is 1.52 bits per heavy atom. The quantitative estimate of drug-likeness (QED) is 0.781. The summed E-state index contributed by atoms with van der Waals surface area (Å²) in [6, 6.07) is 4.98. The zero-order valence-electron chi connectivity index (χ0n) is 10.8. The number of hydrogen-bond donors (Lipinski definition) is 0. The molecule has 0 unspecified atom stereocenters. The first kappa shape index (κ1) is 15.6. The number of Topliss-reactive ketones (excluding diaryl/α,β-unsaturated/α-hetero) is 1. The number of halogens is 1. The third-order valence-electron chi connectivity index (χ3n) is 2.45. The normalized spacial score (nSPS) is 11.7. The van der Waals surface area contributed by atoms with Crippen molar-refractivity contribution in [2.75, 3.05) is 6.61 Å². The van der Waals surface area contributed by atoms with Crippen LogP contribution in [0.1, 0.15) is 26.3 Å². The SMILES string of the molecule is Cc1csc([C@@H](C#N)C(=O)COC(=O)c2ccc(Cl)s2)n1. The number of nitriles is 1. The van der Waals surface area contributed by atoms with Gasteiger partial charge in [0, 0.05) is 11.1 Å². The van der Waals surface area contributed by atoms with Gasteiger partial charge >= 0.3 is 5.97 Å². The number of esters is 1. The van der Waals surface area contributed by atoms with Crippen LogP contribution >= 0.6 is 34.3 Å². The zero-order chi connectivity index (χ0) is 15.4. The second-order valence-corrected chi connectivity index (χ2v) is 6.64. The second-order valence-electron chi connectivity index (χ2n) is 4.04. The summed E-state index contributed by atoms with van der Waals surface area (Å²) < 4.78 is 5.36. The van der Waals surface area contributed by atoms with Gasteiger partial charge < -0.3 is 4.74 Å². The fourth-order valence-corrected chi connectivity index (χ4v) is 3.28. The summed E-state index contributed by atoms with van der Waals surface area (Å²) in [5, 5.41) is 11.3. The molecule has 2 aromatic rings. The van der Waals surface area contributed by atoms with Crippen LogP contribution in [0.5, 0.6) is 0 Å². The Bertz CT molecular complexity index is 717. The maximum atomic E-state index is 12.0. The van der Waals surface area contributed by atoms with Crippen molar-refractivity contribution >= 4 is 46.0 Å². The summed E-state index contributed by atoms with van der Waals surface area (Å²) in [6.45, 7) is 1.31. The van der Waals surface area contributed by atoms with E-state index >= 15 is 0 Å². The third kappa shape index (κ3) is 3.88. The van der Waals surface area contributed by atoms with Crippen LogP contribution in [0.15, 0.2) is 17.5 Å². The van der Waals surface area contributed by atoms with Crippen LogP contribution < -0.4 is 0 Å². The van der Waals surface area contributed by atoms with E-state index in [4.69, 9.17) is 21.6 Å². The third-order valence-corrected chi connectivity index (χ3v) is 4.69. The van der Waals surface area contributed by atoms with Gasteiger partial charge in [-0.05, 0) is 19.1 Å². The lowest BCUT2D eigenvalue weighted by Crippen LogP contribution is -2.19. The predicted molar refractivity (Wildman–Crippen MR) is 79.8 cm³/mol. The van der Waals surface area contributed by atoms with E-state index in [0.29, 0.717) is 14.2 Å². The molecule has 0 bridgehead atoms. The van der Waals surface area contributed by atoms with Crippen molar-refractivity contribution in [1.29, 1.82) is 5.26 Å². The van der Waals surface area contributed by atoms with Crippen molar-refractivity contribution in [3.8, 4) is 6.07 Å². The summed E-state index contributed by atoms with van der Waals surface area (Å²) in [5.74, 6) is -2.14. The van der Waals surface area contributed by atoms with Crippen LogP contribution in [0.4, 0.5) is 0 Å². The average molecular weight is 341 g/mol. The maximum absolute atomic E-state index is 12.0. The van der Waals surface area contributed by atoms with Gasteiger partial charge in [-0.1, -0.05) is 11.6 Å². The molecule has 0 aliphatic carbocycles. The van der Waals surface area contributed by atoms with Crippen LogP contribution in [0.25, 0.3) is 0 Å². The summed E-state index contributed by atoms with van der Waals surface area (Å²) in [5.41, 5.74) is 0.744. The predicted octanol–water partition coefficient (Wildman–Crippen LogP) is 3.20. The standard InChI is InChI=1S/C13H9ClN2O3S2/c1-7-6-20-12(16-7)8(4-15)9(17)5-19-13(18)10-2-3-11(14)21-10/h2-3,6,8H,5H2,1H3/t8-/m0/s1.